The molecule has 1 atom stereocenters. The van der Waals surface area contributed by atoms with E-state index in [4.69, 9.17) is 10.5 Å². The lowest BCUT2D eigenvalue weighted by Gasteiger charge is -2.35. The fourth-order valence-corrected chi connectivity index (χ4v) is 3.14. The van der Waals surface area contributed by atoms with E-state index in [1.807, 2.05) is 11.8 Å². The molecule has 2 heterocycles. The van der Waals surface area contributed by atoms with Crippen LogP contribution in [0.1, 0.15) is 32.6 Å². The fraction of sp³-hybridized carbons (Fsp3) is 0.529. The zero-order chi connectivity index (χ0) is 16.4. The number of anilines is 2. The summed E-state index contributed by atoms with van der Waals surface area (Å²) < 4.78 is 5.74. The van der Waals surface area contributed by atoms with Crippen LogP contribution in [0.15, 0.2) is 18.2 Å². The van der Waals surface area contributed by atoms with Gasteiger partial charge in [-0.15, -0.1) is 0 Å². The highest BCUT2D eigenvalue weighted by atomic mass is 16.5. The molecule has 0 saturated carbocycles. The number of likely N-dealkylation sites (tertiary alicyclic amines) is 1. The molecule has 23 heavy (non-hydrogen) atoms. The quantitative estimate of drug-likeness (QED) is 0.862. The van der Waals surface area contributed by atoms with Gasteiger partial charge in [-0.2, -0.15) is 0 Å². The Balaban J connectivity index is 1.84. The SMILES string of the molecule is CCC1Oc2cc(N)ccc2N(CC(=O)N2CCCCC2)C1=O. The second kappa shape index (κ2) is 6.48. The first-order chi connectivity index (χ1) is 11.1. The van der Waals surface area contributed by atoms with Gasteiger partial charge >= 0.3 is 0 Å². The van der Waals surface area contributed by atoms with Gasteiger partial charge in [-0.3, -0.25) is 14.5 Å². The highest BCUT2D eigenvalue weighted by molar-refractivity contribution is 6.04. The summed E-state index contributed by atoms with van der Waals surface area (Å²) >= 11 is 0. The summed E-state index contributed by atoms with van der Waals surface area (Å²) in [6, 6.07) is 5.18. The van der Waals surface area contributed by atoms with Crippen LogP contribution in [-0.4, -0.2) is 42.5 Å². The van der Waals surface area contributed by atoms with Gasteiger partial charge in [-0.05, 0) is 37.8 Å². The Labute approximate surface area is 136 Å². The molecule has 6 heteroatoms. The van der Waals surface area contributed by atoms with Crippen molar-refractivity contribution >= 4 is 23.2 Å². The highest BCUT2D eigenvalue weighted by Gasteiger charge is 2.35. The van der Waals surface area contributed by atoms with Crippen LogP contribution in [-0.2, 0) is 9.59 Å². The van der Waals surface area contributed by atoms with E-state index in [0.717, 1.165) is 25.9 Å². The molecule has 1 saturated heterocycles. The van der Waals surface area contributed by atoms with Gasteiger partial charge in [0.1, 0.15) is 12.3 Å². The summed E-state index contributed by atoms with van der Waals surface area (Å²) in [7, 11) is 0. The molecule has 124 valence electrons. The molecule has 0 aliphatic carbocycles. The molecule has 0 spiro atoms. The second-order valence-electron chi connectivity index (χ2n) is 6.11. The first-order valence-corrected chi connectivity index (χ1v) is 8.25. The van der Waals surface area contributed by atoms with E-state index >= 15 is 0 Å². The van der Waals surface area contributed by atoms with Crippen molar-refractivity contribution in [3.05, 3.63) is 18.2 Å². The lowest BCUT2D eigenvalue weighted by Crippen LogP contribution is -2.51. The molecule has 2 amide bonds. The average Bonchev–Trinajstić information content (AvgIpc) is 2.57. The highest BCUT2D eigenvalue weighted by Crippen LogP contribution is 2.36. The van der Waals surface area contributed by atoms with E-state index in [1.54, 1.807) is 23.1 Å². The van der Waals surface area contributed by atoms with E-state index in [9.17, 15) is 9.59 Å². The first-order valence-electron chi connectivity index (χ1n) is 8.25. The Morgan fingerprint density at radius 3 is 2.74 bits per heavy atom. The maximum Gasteiger partial charge on any atom is 0.268 e. The molecule has 1 unspecified atom stereocenters. The number of fused-ring (bicyclic) bond motifs is 1. The minimum Gasteiger partial charge on any atom is -0.478 e. The molecule has 1 fully saturated rings. The number of carbonyl (C=O) groups excluding carboxylic acids is 2. The largest absolute Gasteiger partial charge is 0.478 e. The van der Waals surface area contributed by atoms with Crippen molar-refractivity contribution in [1.29, 1.82) is 0 Å². The fourth-order valence-electron chi connectivity index (χ4n) is 3.14. The van der Waals surface area contributed by atoms with Crippen molar-refractivity contribution in [2.45, 2.75) is 38.7 Å². The van der Waals surface area contributed by atoms with Gasteiger partial charge in [0.25, 0.3) is 5.91 Å². The zero-order valence-corrected chi connectivity index (χ0v) is 13.5. The Morgan fingerprint density at radius 2 is 2.04 bits per heavy atom. The van der Waals surface area contributed by atoms with Crippen LogP contribution in [0.2, 0.25) is 0 Å². The van der Waals surface area contributed by atoms with Crippen molar-refractivity contribution in [3.63, 3.8) is 0 Å². The van der Waals surface area contributed by atoms with Crippen LogP contribution in [0.5, 0.6) is 5.75 Å². The monoisotopic (exact) mass is 317 g/mol. The first kappa shape index (κ1) is 15.6. The molecule has 2 N–H and O–H groups in total. The zero-order valence-electron chi connectivity index (χ0n) is 13.5. The Hall–Kier alpha value is -2.24. The smallest absolute Gasteiger partial charge is 0.268 e. The summed E-state index contributed by atoms with van der Waals surface area (Å²) in [5.41, 5.74) is 7.01. The van der Waals surface area contributed by atoms with Gasteiger partial charge in [0, 0.05) is 24.8 Å². The van der Waals surface area contributed by atoms with E-state index < -0.39 is 6.10 Å². The van der Waals surface area contributed by atoms with Crippen LogP contribution in [0.4, 0.5) is 11.4 Å². The number of nitrogens with two attached hydrogens (primary N) is 1. The molecule has 6 nitrogen and oxygen atoms in total. The second-order valence-corrected chi connectivity index (χ2v) is 6.11. The number of hydrogen-bond donors (Lipinski definition) is 1. The minimum absolute atomic E-state index is 0.00224. The maximum absolute atomic E-state index is 12.6. The molecule has 0 radical (unpaired) electrons. The molecular formula is C17H23N3O3. The molecule has 1 aromatic carbocycles. The van der Waals surface area contributed by atoms with Gasteiger partial charge in [0.05, 0.1) is 5.69 Å². The van der Waals surface area contributed by atoms with E-state index in [1.165, 1.54) is 6.42 Å². The van der Waals surface area contributed by atoms with E-state index in [2.05, 4.69) is 0 Å². The van der Waals surface area contributed by atoms with Crippen LogP contribution in [0.25, 0.3) is 0 Å². The van der Waals surface area contributed by atoms with Gasteiger partial charge < -0.3 is 15.4 Å². The van der Waals surface area contributed by atoms with Crippen molar-refractivity contribution in [1.82, 2.24) is 4.90 Å². The predicted molar refractivity (Wildman–Crippen MR) is 88.3 cm³/mol. The third-order valence-corrected chi connectivity index (χ3v) is 4.46. The third kappa shape index (κ3) is 3.11. The molecule has 0 aromatic heterocycles. The Bertz CT molecular complexity index is 611. The van der Waals surface area contributed by atoms with E-state index in [-0.39, 0.29) is 18.4 Å². The van der Waals surface area contributed by atoms with Crippen molar-refractivity contribution < 1.29 is 14.3 Å². The summed E-state index contributed by atoms with van der Waals surface area (Å²) in [4.78, 5) is 28.6. The number of piperidine rings is 1. The maximum atomic E-state index is 12.6. The Kier molecular flexibility index (Phi) is 4.41. The summed E-state index contributed by atoms with van der Waals surface area (Å²) in [6.45, 7) is 3.52. The number of hydrogen-bond acceptors (Lipinski definition) is 4. The van der Waals surface area contributed by atoms with Gasteiger partial charge in [0.2, 0.25) is 5.91 Å². The summed E-state index contributed by atoms with van der Waals surface area (Å²) in [5.74, 6) is 0.413. The number of benzene rings is 1. The van der Waals surface area contributed by atoms with Crippen molar-refractivity contribution in [2.24, 2.45) is 0 Å². The average molecular weight is 317 g/mol. The Morgan fingerprint density at radius 1 is 1.30 bits per heavy atom. The van der Waals surface area contributed by atoms with E-state index in [0.29, 0.717) is 23.5 Å². The molecule has 2 aliphatic rings. The standard InChI is InChI=1S/C17H23N3O3/c1-2-14-17(22)20(11-16(21)19-8-4-3-5-9-19)13-7-6-12(18)10-15(13)23-14/h6-7,10,14H,2-5,8-9,11,18H2,1H3. The van der Waals surface area contributed by atoms with Crippen molar-refractivity contribution in [3.8, 4) is 5.75 Å². The van der Waals surface area contributed by atoms with Crippen LogP contribution in [0.3, 0.4) is 0 Å². The number of rotatable bonds is 3. The molecule has 2 aliphatic heterocycles. The summed E-state index contributed by atoms with van der Waals surface area (Å²) in [6.07, 6.45) is 3.24. The molecular weight excluding hydrogens is 294 g/mol. The topological polar surface area (TPSA) is 75.9 Å². The summed E-state index contributed by atoms with van der Waals surface area (Å²) in [5, 5.41) is 0. The number of carbonyl (C=O) groups is 2. The number of nitrogens with zero attached hydrogens (tertiary/aromatic N) is 2. The van der Waals surface area contributed by atoms with Crippen LogP contribution >= 0.6 is 0 Å². The molecule has 1 aromatic rings. The number of ether oxygens (including phenoxy) is 1. The number of nitrogen functional groups attached to an aromatic ring is 1. The van der Waals surface area contributed by atoms with Crippen LogP contribution < -0.4 is 15.4 Å². The lowest BCUT2D eigenvalue weighted by molar-refractivity contribution is -0.134. The lowest BCUT2D eigenvalue weighted by atomic mass is 10.1. The third-order valence-electron chi connectivity index (χ3n) is 4.46. The van der Waals surface area contributed by atoms with Crippen LogP contribution in [0, 0.1) is 0 Å². The molecule has 3 rings (SSSR count). The van der Waals surface area contributed by atoms with Crippen molar-refractivity contribution in [2.75, 3.05) is 30.3 Å². The molecule has 0 bridgehead atoms. The number of amides is 2. The van der Waals surface area contributed by atoms with Gasteiger partial charge in [0.15, 0.2) is 6.10 Å². The van der Waals surface area contributed by atoms with Gasteiger partial charge in [-0.1, -0.05) is 6.92 Å². The normalized spacial score (nSPS) is 20.9. The predicted octanol–water partition coefficient (Wildman–Crippen LogP) is 1.79. The minimum atomic E-state index is -0.557. The van der Waals surface area contributed by atoms with Gasteiger partial charge in [-0.25, -0.2) is 0 Å².